The minimum atomic E-state index is -0.0832. The lowest BCUT2D eigenvalue weighted by Crippen LogP contribution is -2.34. The van der Waals surface area contributed by atoms with Gasteiger partial charge in [-0.3, -0.25) is 9.69 Å². The third-order valence-electron chi connectivity index (χ3n) is 7.19. The number of aromatic amines is 1. The molecule has 1 aliphatic rings. The van der Waals surface area contributed by atoms with E-state index in [2.05, 4.69) is 56.6 Å². The Morgan fingerprint density at radius 1 is 1.18 bits per heavy atom. The van der Waals surface area contributed by atoms with Crippen molar-refractivity contribution in [3.8, 4) is 5.75 Å². The first-order valence-corrected chi connectivity index (χ1v) is 13.6. The van der Waals surface area contributed by atoms with Crippen LogP contribution in [0.1, 0.15) is 56.1 Å². The quantitative estimate of drug-likeness (QED) is 0.300. The molecule has 1 aliphatic heterocycles. The molecule has 1 saturated heterocycles. The van der Waals surface area contributed by atoms with Crippen LogP contribution in [0.2, 0.25) is 0 Å². The largest absolute Gasteiger partial charge is 0.494 e. The van der Waals surface area contributed by atoms with Crippen LogP contribution in [0.4, 0.5) is 0 Å². The molecule has 4 aromatic rings. The monoisotopic (exact) mass is 516 g/mol. The van der Waals surface area contributed by atoms with Crippen molar-refractivity contribution in [3.63, 3.8) is 0 Å². The zero-order valence-electron chi connectivity index (χ0n) is 22.2. The van der Waals surface area contributed by atoms with Crippen molar-refractivity contribution >= 4 is 10.9 Å². The Kier molecular flexibility index (Phi) is 8.45. The van der Waals surface area contributed by atoms with Crippen molar-refractivity contribution in [2.75, 3.05) is 19.8 Å². The topological polar surface area (TPSA) is 98.2 Å². The normalized spacial score (nSPS) is 16.3. The van der Waals surface area contributed by atoms with Crippen LogP contribution in [0.5, 0.6) is 5.75 Å². The summed E-state index contributed by atoms with van der Waals surface area (Å²) in [5.74, 6) is 1.60. The van der Waals surface area contributed by atoms with Gasteiger partial charge in [-0.2, -0.15) is 0 Å². The third-order valence-corrected chi connectivity index (χ3v) is 7.19. The van der Waals surface area contributed by atoms with Crippen molar-refractivity contribution in [3.05, 3.63) is 81.9 Å². The van der Waals surface area contributed by atoms with E-state index in [4.69, 9.17) is 9.47 Å². The van der Waals surface area contributed by atoms with E-state index in [9.17, 15) is 4.79 Å². The van der Waals surface area contributed by atoms with E-state index < -0.39 is 0 Å². The van der Waals surface area contributed by atoms with Crippen LogP contribution < -0.4 is 10.3 Å². The highest BCUT2D eigenvalue weighted by atomic mass is 16.5. The number of aromatic nitrogens is 5. The van der Waals surface area contributed by atoms with Crippen molar-refractivity contribution in [1.29, 1.82) is 0 Å². The van der Waals surface area contributed by atoms with Crippen LogP contribution in [-0.4, -0.2) is 56.0 Å². The second kappa shape index (κ2) is 12.3. The first-order chi connectivity index (χ1) is 18.6. The summed E-state index contributed by atoms with van der Waals surface area (Å²) >= 11 is 0. The number of pyridine rings is 1. The van der Waals surface area contributed by atoms with E-state index in [1.165, 1.54) is 5.56 Å². The Morgan fingerprint density at radius 2 is 2.05 bits per heavy atom. The molecule has 200 valence electrons. The van der Waals surface area contributed by atoms with Gasteiger partial charge in [0.15, 0.2) is 5.82 Å². The molecule has 1 fully saturated rings. The third kappa shape index (κ3) is 6.11. The fourth-order valence-corrected chi connectivity index (χ4v) is 5.25. The lowest BCUT2D eigenvalue weighted by Gasteiger charge is -2.30. The number of benzene rings is 2. The van der Waals surface area contributed by atoms with Gasteiger partial charge in [-0.05, 0) is 72.9 Å². The zero-order valence-corrected chi connectivity index (χ0v) is 22.2. The van der Waals surface area contributed by atoms with Crippen molar-refractivity contribution in [1.82, 2.24) is 30.1 Å². The first kappa shape index (κ1) is 26.1. The van der Waals surface area contributed by atoms with Crippen molar-refractivity contribution in [2.24, 2.45) is 0 Å². The van der Waals surface area contributed by atoms with E-state index in [0.29, 0.717) is 25.3 Å². The van der Waals surface area contributed by atoms with E-state index in [0.717, 1.165) is 61.3 Å². The maximum Gasteiger partial charge on any atom is 0.252 e. The van der Waals surface area contributed by atoms with Gasteiger partial charge in [-0.25, -0.2) is 4.68 Å². The number of H-pyrrole nitrogens is 1. The maximum absolute atomic E-state index is 13.2. The minimum absolute atomic E-state index is 0.0556. The van der Waals surface area contributed by atoms with Gasteiger partial charge in [-0.15, -0.1) is 5.10 Å². The molecule has 0 amide bonds. The molecule has 9 heteroatoms. The predicted molar refractivity (Wildman–Crippen MR) is 146 cm³/mol. The zero-order chi connectivity index (χ0) is 26.3. The summed E-state index contributed by atoms with van der Waals surface area (Å²) in [5.41, 5.74) is 2.67. The lowest BCUT2D eigenvalue weighted by molar-refractivity contribution is 0.0893. The number of rotatable bonds is 12. The van der Waals surface area contributed by atoms with Gasteiger partial charge in [0.2, 0.25) is 0 Å². The average molecular weight is 517 g/mol. The number of tetrazole rings is 1. The van der Waals surface area contributed by atoms with E-state index in [1.54, 1.807) is 0 Å². The van der Waals surface area contributed by atoms with Gasteiger partial charge in [0.25, 0.3) is 5.56 Å². The lowest BCUT2D eigenvalue weighted by atomic mass is 10.1. The maximum atomic E-state index is 13.2. The Hall–Kier alpha value is -3.56. The van der Waals surface area contributed by atoms with Crippen LogP contribution in [0.15, 0.2) is 59.4 Å². The second-order valence-electron chi connectivity index (χ2n) is 9.79. The van der Waals surface area contributed by atoms with Gasteiger partial charge in [0, 0.05) is 36.2 Å². The van der Waals surface area contributed by atoms with Gasteiger partial charge < -0.3 is 14.5 Å². The molecule has 0 saturated carbocycles. The summed E-state index contributed by atoms with van der Waals surface area (Å²) < 4.78 is 13.4. The predicted octanol–water partition coefficient (Wildman–Crippen LogP) is 4.29. The highest BCUT2D eigenvalue weighted by molar-refractivity contribution is 5.80. The fraction of sp³-hybridized carbons (Fsp3) is 0.448. The molecule has 38 heavy (non-hydrogen) atoms. The van der Waals surface area contributed by atoms with Crippen LogP contribution in [-0.2, 0) is 24.2 Å². The van der Waals surface area contributed by atoms with E-state index in [1.807, 2.05) is 41.9 Å². The van der Waals surface area contributed by atoms with Crippen LogP contribution in [0.25, 0.3) is 10.9 Å². The summed E-state index contributed by atoms with van der Waals surface area (Å²) in [6.45, 7) is 7.36. The summed E-state index contributed by atoms with van der Waals surface area (Å²) in [6.07, 6.45) is 3.88. The standard InChI is InChI=1S/C29H36N6O3/c1-3-27(28-31-32-33-35(28)20-25-11-8-16-38-25)34(15-14-21-9-6-5-7-10-21)19-23-17-22-18-24(37-4-2)12-13-26(22)30-29(23)36/h5-7,9-10,12-13,17-18,25,27H,3-4,8,11,14-16,19-20H2,1-2H3,(H,30,36)/t25-,27+/m0/s1. The van der Waals surface area contributed by atoms with Crippen LogP contribution in [0, 0.1) is 0 Å². The molecule has 3 heterocycles. The van der Waals surface area contributed by atoms with E-state index in [-0.39, 0.29) is 17.7 Å². The van der Waals surface area contributed by atoms with Gasteiger partial charge in [-0.1, -0.05) is 37.3 Å². The number of nitrogens with one attached hydrogen (secondary N) is 1. The molecule has 9 nitrogen and oxygen atoms in total. The molecule has 0 bridgehead atoms. The van der Waals surface area contributed by atoms with E-state index >= 15 is 0 Å². The average Bonchev–Trinajstić information content (AvgIpc) is 3.62. The number of nitrogens with zero attached hydrogens (tertiary/aromatic N) is 5. The van der Waals surface area contributed by atoms with Crippen LogP contribution in [0.3, 0.4) is 0 Å². The van der Waals surface area contributed by atoms with Gasteiger partial charge in [0.1, 0.15) is 5.75 Å². The van der Waals surface area contributed by atoms with Gasteiger partial charge >= 0.3 is 0 Å². The summed E-state index contributed by atoms with van der Waals surface area (Å²) in [6, 6.07) is 18.1. The summed E-state index contributed by atoms with van der Waals surface area (Å²) in [7, 11) is 0. The Morgan fingerprint density at radius 3 is 2.82 bits per heavy atom. The highest BCUT2D eigenvalue weighted by Crippen LogP contribution is 2.26. The molecule has 1 N–H and O–H groups in total. The Balaban J connectivity index is 1.46. The first-order valence-electron chi connectivity index (χ1n) is 13.6. The Labute approximate surface area is 222 Å². The molecule has 0 aliphatic carbocycles. The number of fused-ring (bicyclic) bond motifs is 1. The number of ether oxygens (including phenoxy) is 2. The Bertz CT molecular complexity index is 1380. The fourth-order valence-electron chi connectivity index (χ4n) is 5.25. The summed E-state index contributed by atoms with van der Waals surface area (Å²) in [5, 5.41) is 13.7. The van der Waals surface area contributed by atoms with Gasteiger partial charge in [0.05, 0.1) is 25.3 Å². The molecule has 2 aromatic carbocycles. The van der Waals surface area contributed by atoms with Crippen molar-refractivity contribution < 1.29 is 9.47 Å². The molecular weight excluding hydrogens is 480 g/mol. The van der Waals surface area contributed by atoms with Crippen LogP contribution >= 0.6 is 0 Å². The second-order valence-corrected chi connectivity index (χ2v) is 9.79. The SMILES string of the molecule is CCOc1ccc2[nH]c(=O)c(CN(CCc3ccccc3)[C@H](CC)c3nnnn3C[C@@H]3CCCO3)cc2c1. The number of hydrogen-bond acceptors (Lipinski definition) is 7. The molecule has 2 aromatic heterocycles. The minimum Gasteiger partial charge on any atom is -0.494 e. The molecule has 0 spiro atoms. The smallest absolute Gasteiger partial charge is 0.252 e. The molecule has 2 atom stereocenters. The summed E-state index contributed by atoms with van der Waals surface area (Å²) in [4.78, 5) is 18.6. The molecule has 5 rings (SSSR count). The highest BCUT2D eigenvalue weighted by Gasteiger charge is 2.27. The molecule has 0 unspecified atom stereocenters. The number of hydrogen-bond donors (Lipinski definition) is 1. The molecular formula is C29H36N6O3. The van der Waals surface area contributed by atoms with Crippen molar-refractivity contribution in [2.45, 2.75) is 64.8 Å². The molecule has 0 radical (unpaired) electrons.